The Balaban J connectivity index is 3.91. The minimum absolute atomic E-state index is 0.120. The highest BCUT2D eigenvalue weighted by Crippen LogP contribution is 2.21. The number of ether oxygens (including phenoxy) is 1. The van der Waals surface area contributed by atoms with Crippen LogP contribution in [0.1, 0.15) is 27.2 Å². The Bertz CT molecular complexity index is 121. The van der Waals surface area contributed by atoms with E-state index in [1.54, 1.807) is 0 Å². The van der Waals surface area contributed by atoms with E-state index in [2.05, 4.69) is 9.24 Å². The fraction of sp³-hybridized carbons (Fsp3) is 0.857. The standard InChI is InChI=1S/C7H15O2P/c1-4-7(2,3)6(8)9-5-10/h4-5,10H2,1-3H3. The SMILES string of the molecule is CCC(C)(C)C(=O)OCP. The first kappa shape index (κ1) is 9.90. The summed E-state index contributed by atoms with van der Waals surface area (Å²) in [6, 6.07) is 0. The molecule has 0 amide bonds. The molecule has 1 unspecified atom stereocenters. The second kappa shape index (κ2) is 3.92. The molecule has 0 heterocycles. The van der Waals surface area contributed by atoms with Crippen LogP contribution in [0.2, 0.25) is 0 Å². The van der Waals surface area contributed by atoms with Crippen molar-refractivity contribution in [1.82, 2.24) is 0 Å². The van der Waals surface area contributed by atoms with Crippen LogP contribution in [-0.4, -0.2) is 12.3 Å². The van der Waals surface area contributed by atoms with Crippen LogP contribution in [-0.2, 0) is 9.53 Å². The van der Waals surface area contributed by atoms with Crippen LogP contribution in [0.4, 0.5) is 0 Å². The third-order valence-corrected chi connectivity index (χ3v) is 1.82. The van der Waals surface area contributed by atoms with Crippen LogP contribution in [0.3, 0.4) is 0 Å². The number of hydrogen-bond donors (Lipinski definition) is 0. The lowest BCUT2D eigenvalue weighted by atomic mass is 9.91. The maximum absolute atomic E-state index is 11.1. The summed E-state index contributed by atoms with van der Waals surface area (Å²) >= 11 is 0. The maximum Gasteiger partial charge on any atom is 0.311 e. The second-order valence-corrected chi connectivity index (χ2v) is 3.17. The van der Waals surface area contributed by atoms with Crippen molar-refractivity contribution >= 4 is 15.2 Å². The van der Waals surface area contributed by atoms with Crippen LogP contribution < -0.4 is 0 Å². The fourth-order valence-electron chi connectivity index (χ4n) is 0.415. The molecule has 0 rings (SSSR count). The van der Waals surface area contributed by atoms with E-state index in [9.17, 15) is 4.79 Å². The van der Waals surface area contributed by atoms with Crippen LogP contribution in [0.25, 0.3) is 0 Å². The van der Waals surface area contributed by atoms with E-state index in [0.717, 1.165) is 6.42 Å². The quantitative estimate of drug-likeness (QED) is 0.467. The highest BCUT2D eigenvalue weighted by Gasteiger charge is 2.26. The normalized spacial score (nSPS) is 11.2. The molecule has 0 bridgehead atoms. The molecule has 0 aliphatic rings. The average molecular weight is 162 g/mol. The van der Waals surface area contributed by atoms with Crippen molar-refractivity contribution in [1.29, 1.82) is 0 Å². The number of carbonyl (C=O) groups is 1. The second-order valence-electron chi connectivity index (χ2n) is 2.84. The number of hydrogen-bond acceptors (Lipinski definition) is 2. The Labute approximate surface area is 64.5 Å². The zero-order valence-corrected chi connectivity index (χ0v) is 7.96. The lowest BCUT2D eigenvalue weighted by Gasteiger charge is -2.19. The molecule has 0 N–H and O–H groups in total. The smallest absolute Gasteiger partial charge is 0.311 e. The van der Waals surface area contributed by atoms with Gasteiger partial charge in [0.2, 0.25) is 0 Å². The van der Waals surface area contributed by atoms with Crippen molar-refractivity contribution in [2.75, 3.05) is 6.35 Å². The van der Waals surface area contributed by atoms with Gasteiger partial charge in [-0.2, -0.15) is 0 Å². The fourth-order valence-corrected chi connectivity index (χ4v) is 0.567. The predicted octanol–water partition coefficient (Wildman–Crippen LogP) is 1.80. The van der Waals surface area contributed by atoms with E-state index in [1.807, 2.05) is 20.8 Å². The largest absolute Gasteiger partial charge is 0.461 e. The van der Waals surface area contributed by atoms with Gasteiger partial charge in [0.05, 0.1) is 5.41 Å². The molecule has 0 fully saturated rings. The van der Waals surface area contributed by atoms with Crippen molar-refractivity contribution in [2.24, 2.45) is 5.41 Å². The van der Waals surface area contributed by atoms with Crippen LogP contribution in [0.5, 0.6) is 0 Å². The zero-order valence-electron chi connectivity index (χ0n) is 6.81. The van der Waals surface area contributed by atoms with Crippen molar-refractivity contribution in [2.45, 2.75) is 27.2 Å². The monoisotopic (exact) mass is 162 g/mol. The number of esters is 1. The molecule has 0 aromatic rings. The lowest BCUT2D eigenvalue weighted by molar-refractivity contribution is -0.151. The minimum Gasteiger partial charge on any atom is -0.461 e. The molecule has 0 aromatic carbocycles. The van der Waals surface area contributed by atoms with Gasteiger partial charge in [-0.05, 0) is 20.3 Å². The Morgan fingerprint density at radius 1 is 1.60 bits per heavy atom. The van der Waals surface area contributed by atoms with Crippen molar-refractivity contribution in [3.05, 3.63) is 0 Å². The van der Waals surface area contributed by atoms with Gasteiger partial charge in [0.1, 0.15) is 6.35 Å². The molecule has 60 valence electrons. The minimum atomic E-state index is -0.323. The molecular formula is C7H15O2P. The topological polar surface area (TPSA) is 26.3 Å². The molecule has 0 saturated heterocycles. The van der Waals surface area contributed by atoms with Gasteiger partial charge in [0.25, 0.3) is 0 Å². The van der Waals surface area contributed by atoms with Gasteiger partial charge >= 0.3 is 5.97 Å². The third-order valence-electron chi connectivity index (χ3n) is 1.65. The van der Waals surface area contributed by atoms with E-state index in [-0.39, 0.29) is 11.4 Å². The average Bonchev–Trinajstić information content (AvgIpc) is 1.89. The highest BCUT2D eigenvalue weighted by atomic mass is 31.0. The summed E-state index contributed by atoms with van der Waals surface area (Å²) in [6.45, 7) is 5.75. The van der Waals surface area contributed by atoms with E-state index in [4.69, 9.17) is 4.74 Å². The number of rotatable bonds is 3. The molecular weight excluding hydrogens is 147 g/mol. The van der Waals surface area contributed by atoms with Gasteiger partial charge in [-0.25, -0.2) is 0 Å². The van der Waals surface area contributed by atoms with Gasteiger partial charge in [0.15, 0.2) is 0 Å². The van der Waals surface area contributed by atoms with Crippen LogP contribution >= 0.6 is 9.24 Å². The Kier molecular flexibility index (Phi) is 3.88. The molecule has 0 spiro atoms. The Hall–Kier alpha value is -0.100. The molecule has 0 aliphatic heterocycles. The van der Waals surface area contributed by atoms with E-state index >= 15 is 0 Å². The molecule has 0 saturated carbocycles. The first-order valence-corrected chi connectivity index (χ1v) is 4.23. The molecule has 1 atom stereocenters. The summed E-state index contributed by atoms with van der Waals surface area (Å²) in [6.07, 6.45) is 1.21. The van der Waals surface area contributed by atoms with E-state index in [1.165, 1.54) is 0 Å². The summed E-state index contributed by atoms with van der Waals surface area (Å²) in [5.41, 5.74) is -0.323. The van der Waals surface area contributed by atoms with Crippen molar-refractivity contribution in [3.8, 4) is 0 Å². The third kappa shape index (κ3) is 2.66. The summed E-state index contributed by atoms with van der Waals surface area (Å²) in [5.74, 6) is -0.120. The number of carbonyl (C=O) groups excluding carboxylic acids is 1. The lowest BCUT2D eigenvalue weighted by Crippen LogP contribution is -2.25. The molecule has 0 aliphatic carbocycles. The van der Waals surface area contributed by atoms with Crippen molar-refractivity contribution in [3.63, 3.8) is 0 Å². The Morgan fingerprint density at radius 2 is 2.10 bits per heavy atom. The molecule has 0 aromatic heterocycles. The first-order chi connectivity index (χ1) is 4.54. The van der Waals surface area contributed by atoms with Gasteiger partial charge in [0, 0.05) is 0 Å². The maximum atomic E-state index is 11.1. The van der Waals surface area contributed by atoms with Gasteiger partial charge < -0.3 is 4.74 Å². The summed E-state index contributed by atoms with van der Waals surface area (Å²) in [5, 5.41) is 0. The van der Waals surface area contributed by atoms with Crippen molar-refractivity contribution < 1.29 is 9.53 Å². The zero-order chi connectivity index (χ0) is 8.20. The molecule has 10 heavy (non-hydrogen) atoms. The highest BCUT2D eigenvalue weighted by molar-refractivity contribution is 7.16. The van der Waals surface area contributed by atoms with Gasteiger partial charge in [-0.15, -0.1) is 0 Å². The summed E-state index contributed by atoms with van der Waals surface area (Å²) < 4.78 is 4.82. The summed E-state index contributed by atoms with van der Waals surface area (Å²) in [7, 11) is 2.36. The summed E-state index contributed by atoms with van der Waals surface area (Å²) in [4.78, 5) is 11.1. The van der Waals surface area contributed by atoms with Gasteiger partial charge in [-0.1, -0.05) is 16.2 Å². The molecule has 3 heteroatoms. The van der Waals surface area contributed by atoms with Crippen LogP contribution in [0, 0.1) is 5.41 Å². The predicted molar refractivity (Wildman–Crippen MR) is 44.7 cm³/mol. The Morgan fingerprint density at radius 3 is 2.40 bits per heavy atom. The first-order valence-electron chi connectivity index (χ1n) is 3.42. The van der Waals surface area contributed by atoms with E-state index < -0.39 is 0 Å². The molecule has 2 nitrogen and oxygen atoms in total. The van der Waals surface area contributed by atoms with Gasteiger partial charge in [-0.3, -0.25) is 4.79 Å². The molecule has 0 radical (unpaired) electrons. The van der Waals surface area contributed by atoms with E-state index in [0.29, 0.717) is 6.35 Å². The van der Waals surface area contributed by atoms with Crippen LogP contribution in [0.15, 0.2) is 0 Å².